The molecule has 24 heteroatoms. The normalized spacial score (nSPS) is 16.6. The fourth-order valence-electron chi connectivity index (χ4n) is 10.3. The topological polar surface area (TPSA) is 344 Å². The minimum Gasteiger partial charge on any atom is -0.508 e. The number of carbonyl (C=O) groups is 9. The number of unbranched alkanes of at least 4 members (excludes halogenated alkanes) is 3. The molecule has 8 atom stereocenters. The van der Waals surface area contributed by atoms with E-state index in [0.29, 0.717) is 54.9 Å². The Labute approximate surface area is 510 Å². The first kappa shape index (κ1) is 71.1. The number of carboxylic acids is 1. The Balaban J connectivity index is 1.53. The van der Waals surface area contributed by atoms with Crippen molar-refractivity contribution in [3.05, 3.63) is 75.7 Å². The molecule has 1 aliphatic heterocycles. The number of anilines is 1. The number of carbonyl (C=O) groups excluding carboxylic acids is 8. The summed E-state index contributed by atoms with van der Waals surface area (Å²) in [5, 5.41) is 35.7. The maximum atomic E-state index is 15.4. The molecule has 86 heavy (non-hydrogen) atoms. The molecule has 2 heterocycles. The summed E-state index contributed by atoms with van der Waals surface area (Å²) in [6, 6.07) is 8.21. The first-order chi connectivity index (χ1) is 40.5. The maximum Gasteiger partial charge on any atom is 0.410 e. The Hall–Kier alpha value is -7.34. The average Bonchev–Trinajstić information content (AvgIpc) is 3.95. The van der Waals surface area contributed by atoms with E-state index in [9.17, 15) is 48.6 Å². The molecule has 2 aromatic carbocycles. The molecule has 4 rings (SSSR count). The highest BCUT2D eigenvalue weighted by atomic mass is 32.1. The van der Waals surface area contributed by atoms with Crippen LogP contribution in [0.5, 0.6) is 5.75 Å². The van der Waals surface area contributed by atoms with Crippen molar-refractivity contribution in [2.24, 2.45) is 34.6 Å². The van der Waals surface area contributed by atoms with Crippen molar-refractivity contribution in [2.45, 2.75) is 202 Å². The van der Waals surface area contributed by atoms with Crippen LogP contribution in [0.15, 0.2) is 53.9 Å². The number of carboxylic acid groups (broad SMARTS) is 1. The number of ether oxygens (including phenoxy) is 2. The SMILES string of the molecule is CCCCCCN(C(=O)[C@@H](NC(=O)C1(C)CCCN1C(=O)OCc1ccc(NC(=O)C(CCCNC(N)=O)NC(=O)C(N)C(C)C)cc1)[C@@H](C)CC)[C@H](C[C@@H](OC(C)=O)c1nc(C(=O)NC(Cc2ccc(O)cc2)CC(C)(C)C(=O)O)cs1)C(C)C. The molecule has 476 valence electrons. The summed E-state index contributed by atoms with van der Waals surface area (Å²) in [6.07, 6.45) is 3.89. The van der Waals surface area contributed by atoms with Crippen molar-refractivity contribution < 1.29 is 62.8 Å². The second kappa shape index (κ2) is 33.5. The van der Waals surface area contributed by atoms with Crippen molar-refractivity contribution >= 4 is 70.6 Å². The number of thiazole rings is 1. The van der Waals surface area contributed by atoms with E-state index in [-0.39, 0.29) is 80.5 Å². The summed E-state index contributed by atoms with van der Waals surface area (Å²) in [5.74, 6) is -4.76. The number of benzene rings is 2. The van der Waals surface area contributed by atoms with Crippen LogP contribution in [0.25, 0.3) is 0 Å². The third-order valence-corrected chi connectivity index (χ3v) is 16.8. The van der Waals surface area contributed by atoms with E-state index in [1.807, 2.05) is 27.7 Å². The monoisotopic (exact) mass is 1220 g/mol. The number of nitrogens with two attached hydrogens (primary N) is 2. The van der Waals surface area contributed by atoms with Gasteiger partial charge in [0.1, 0.15) is 40.7 Å². The number of amides is 8. The highest BCUT2D eigenvalue weighted by Crippen LogP contribution is 2.34. The minimum atomic E-state index is -1.39. The van der Waals surface area contributed by atoms with Gasteiger partial charge >= 0.3 is 24.1 Å². The second-order valence-electron chi connectivity index (χ2n) is 24.1. The van der Waals surface area contributed by atoms with Gasteiger partial charge in [0, 0.05) is 56.1 Å². The molecule has 11 N–H and O–H groups in total. The average molecular weight is 1220 g/mol. The van der Waals surface area contributed by atoms with Gasteiger partial charge < -0.3 is 62.6 Å². The van der Waals surface area contributed by atoms with Gasteiger partial charge in [0.15, 0.2) is 6.10 Å². The lowest BCUT2D eigenvalue weighted by molar-refractivity contribution is -0.150. The van der Waals surface area contributed by atoms with Crippen molar-refractivity contribution in [3.8, 4) is 5.75 Å². The predicted octanol–water partition coefficient (Wildman–Crippen LogP) is 7.70. The zero-order valence-corrected chi connectivity index (χ0v) is 52.8. The summed E-state index contributed by atoms with van der Waals surface area (Å²) < 4.78 is 11.8. The highest BCUT2D eigenvalue weighted by molar-refractivity contribution is 7.09. The number of hydrogen-bond acceptors (Lipinski definition) is 15. The summed E-state index contributed by atoms with van der Waals surface area (Å²) in [5.41, 5.74) is 10.4. The first-order valence-electron chi connectivity index (χ1n) is 30.0. The number of phenolic OH excluding ortho intramolecular Hbond substituents is 1. The molecule has 0 bridgehead atoms. The lowest BCUT2D eigenvalue weighted by Crippen LogP contribution is -2.62. The van der Waals surface area contributed by atoms with Crippen LogP contribution >= 0.6 is 11.3 Å². The molecule has 1 saturated heterocycles. The van der Waals surface area contributed by atoms with Crippen molar-refractivity contribution in [1.29, 1.82) is 0 Å². The van der Waals surface area contributed by atoms with Gasteiger partial charge in [0.25, 0.3) is 5.91 Å². The van der Waals surface area contributed by atoms with Crippen LogP contribution in [-0.4, -0.2) is 134 Å². The van der Waals surface area contributed by atoms with Crippen LogP contribution in [0.1, 0.15) is 180 Å². The fraction of sp³-hybridized carbons (Fsp3) is 0.613. The lowest BCUT2D eigenvalue weighted by Gasteiger charge is -2.40. The Morgan fingerprint density at radius 3 is 2.13 bits per heavy atom. The summed E-state index contributed by atoms with van der Waals surface area (Å²) in [7, 11) is 0. The molecule has 0 radical (unpaired) electrons. The van der Waals surface area contributed by atoms with Crippen LogP contribution < -0.4 is 38.1 Å². The number of aromatic hydroxyl groups is 1. The molecular weight excluding hydrogens is 1120 g/mol. The molecule has 0 spiro atoms. The van der Waals surface area contributed by atoms with E-state index in [4.69, 9.17) is 20.9 Å². The van der Waals surface area contributed by atoms with Crippen molar-refractivity contribution in [1.82, 2.24) is 36.1 Å². The quantitative estimate of drug-likeness (QED) is 0.0204. The van der Waals surface area contributed by atoms with Crippen LogP contribution in [-0.2, 0) is 51.3 Å². The first-order valence-corrected chi connectivity index (χ1v) is 30.9. The summed E-state index contributed by atoms with van der Waals surface area (Å²) in [4.78, 5) is 128. The third kappa shape index (κ3) is 21.3. The Bertz CT molecular complexity index is 2760. The van der Waals surface area contributed by atoms with Gasteiger partial charge in [-0.1, -0.05) is 98.4 Å². The third-order valence-electron chi connectivity index (χ3n) is 15.9. The number of aliphatic carboxylic acids is 1. The van der Waals surface area contributed by atoms with Gasteiger partial charge in [-0.3, -0.25) is 38.5 Å². The standard InChI is InChI=1S/C62H94N10O13S/c1-12-14-15-16-30-71(48(37(3)4)33-49(85-40(8)73)55-69-47(36-86-55)53(76)67-44(34-61(9,10)58(80)81)32-41-22-26-45(74)27-23-41)56(78)51(39(7)13-2)70-57(79)62(11)28-18-31-72(62)60(83)84-35-42-20-24-43(25-21-42)66-52(75)46(19-17-29-65-59(64)82)68-54(77)50(63)38(5)6/h20-27,36-39,44,46,48-51,74H,12-19,28-35,63H2,1-11H3,(H,66,75)(H,67,76)(H,68,77)(H,70,79)(H,80,81)(H3,64,65,82)/t39-,44?,46?,48+,49+,50?,51-,62?/m0/s1. The summed E-state index contributed by atoms with van der Waals surface area (Å²) in [6.45, 7) is 20.0. The molecule has 8 amide bonds. The van der Waals surface area contributed by atoms with Gasteiger partial charge in [-0.15, -0.1) is 11.3 Å². The molecule has 0 saturated carbocycles. The Morgan fingerprint density at radius 2 is 1.53 bits per heavy atom. The number of urea groups is 1. The van der Waals surface area contributed by atoms with Gasteiger partial charge in [-0.25, -0.2) is 14.6 Å². The highest BCUT2D eigenvalue weighted by Gasteiger charge is 2.49. The molecule has 1 fully saturated rings. The number of hydrogen-bond donors (Lipinski definition) is 9. The molecule has 1 aliphatic rings. The Kier molecular flexibility index (Phi) is 27.7. The van der Waals surface area contributed by atoms with E-state index in [1.165, 1.54) is 24.0 Å². The van der Waals surface area contributed by atoms with Crippen molar-refractivity contribution in [3.63, 3.8) is 0 Å². The van der Waals surface area contributed by atoms with E-state index in [2.05, 4.69) is 38.5 Å². The molecular formula is C62H94N10O13S. The molecule has 23 nitrogen and oxygen atoms in total. The number of nitrogens with one attached hydrogen (secondary N) is 5. The number of esters is 1. The van der Waals surface area contributed by atoms with E-state index < -0.39 is 95.0 Å². The number of phenols is 1. The number of likely N-dealkylation sites (tertiary alicyclic amines) is 1. The zero-order chi connectivity index (χ0) is 64.1. The summed E-state index contributed by atoms with van der Waals surface area (Å²) >= 11 is 1.11. The largest absolute Gasteiger partial charge is 0.508 e. The second-order valence-corrected chi connectivity index (χ2v) is 25.0. The lowest BCUT2D eigenvalue weighted by atomic mass is 9.84. The van der Waals surface area contributed by atoms with Crippen molar-refractivity contribution in [2.75, 3.05) is 25.0 Å². The van der Waals surface area contributed by atoms with E-state index in [0.717, 1.165) is 36.2 Å². The zero-order valence-electron chi connectivity index (χ0n) is 52.0. The Morgan fingerprint density at radius 1 is 0.872 bits per heavy atom. The van der Waals surface area contributed by atoms with Gasteiger partial charge in [-0.2, -0.15) is 0 Å². The molecule has 1 aromatic heterocycles. The van der Waals surface area contributed by atoms with Crippen LogP contribution in [0.3, 0.4) is 0 Å². The fourth-order valence-corrected chi connectivity index (χ4v) is 11.1. The van der Waals surface area contributed by atoms with Crippen LogP contribution in [0.4, 0.5) is 15.3 Å². The number of primary amides is 1. The maximum absolute atomic E-state index is 15.4. The number of rotatable bonds is 34. The smallest absolute Gasteiger partial charge is 0.410 e. The number of aromatic nitrogens is 1. The van der Waals surface area contributed by atoms with E-state index in [1.54, 1.807) is 81.3 Å². The van der Waals surface area contributed by atoms with Crippen LogP contribution in [0.2, 0.25) is 0 Å². The van der Waals surface area contributed by atoms with Gasteiger partial charge in [-0.05, 0) is 119 Å². The minimum absolute atomic E-state index is 0.0301. The van der Waals surface area contributed by atoms with E-state index >= 15 is 4.79 Å². The predicted molar refractivity (Wildman–Crippen MR) is 327 cm³/mol. The van der Waals surface area contributed by atoms with Gasteiger partial charge in [0.2, 0.25) is 23.6 Å². The van der Waals surface area contributed by atoms with Gasteiger partial charge in [0.05, 0.1) is 11.5 Å². The number of nitrogens with zero attached hydrogens (tertiary/aromatic N) is 3. The molecule has 0 aliphatic carbocycles. The van der Waals surface area contributed by atoms with Crippen LogP contribution in [0, 0.1) is 23.2 Å². The molecule has 4 unspecified atom stereocenters. The molecule has 3 aromatic rings.